The van der Waals surface area contributed by atoms with E-state index in [4.69, 9.17) is 0 Å². The third-order valence-corrected chi connectivity index (χ3v) is 2.64. The molecule has 18 heavy (non-hydrogen) atoms. The van der Waals surface area contributed by atoms with E-state index in [1.807, 2.05) is 23.9 Å². The van der Waals surface area contributed by atoms with Crippen molar-refractivity contribution in [2.75, 3.05) is 6.54 Å². The van der Waals surface area contributed by atoms with Crippen LogP contribution in [0, 0.1) is 11.8 Å². The zero-order chi connectivity index (χ0) is 12.6. The molecule has 0 aliphatic rings. The molecule has 0 saturated heterocycles. The Morgan fingerprint density at radius 2 is 2.11 bits per heavy atom. The number of rotatable bonds is 5. The lowest BCUT2D eigenvalue weighted by atomic mass is 10.2. The summed E-state index contributed by atoms with van der Waals surface area (Å²) in [5.74, 6) is 5.93. The van der Waals surface area contributed by atoms with Crippen molar-refractivity contribution in [1.29, 1.82) is 0 Å². The van der Waals surface area contributed by atoms with Gasteiger partial charge in [-0.1, -0.05) is 12.1 Å². The van der Waals surface area contributed by atoms with Gasteiger partial charge in [0, 0.05) is 31.9 Å². The summed E-state index contributed by atoms with van der Waals surface area (Å²) in [7, 11) is 0. The van der Waals surface area contributed by atoms with Gasteiger partial charge in [0.2, 0.25) is 0 Å². The van der Waals surface area contributed by atoms with Crippen LogP contribution in [-0.2, 0) is 6.54 Å². The van der Waals surface area contributed by atoms with Crippen LogP contribution < -0.4 is 5.32 Å². The van der Waals surface area contributed by atoms with E-state index >= 15 is 0 Å². The number of hydrogen-bond donors (Lipinski definition) is 1. The molecule has 1 aromatic carbocycles. The molecule has 0 saturated carbocycles. The van der Waals surface area contributed by atoms with Crippen LogP contribution in [0.25, 0.3) is 5.69 Å². The van der Waals surface area contributed by atoms with Crippen LogP contribution in [0.2, 0.25) is 0 Å². The Bertz CT molecular complexity index is 515. The Balaban J connectivity index is 1.86. The SMILES string of the molecule is CC#CCCNCc1ccc(-n2cccn2)cc1. The summed E-state index contributed by atoms with van der Waals surface area (Å²) in [5, 5.41) is 7.56. The van der Waals surface area contributed by atoms with Gasteiger partial charge in [-0.05, 0) is 30.7 Å². The molecule has 0 aliphatic heterocycles. The summed E-state index contributed by atoms with van der Waals surface area (Å²) in [4.78, 5) is 0. The number of nitrogens with one attached hydrogen (secondary N) is 1. The Kier molecular flexibility index (Phi) is 4.57. The largest absolute Gasteiger partial charge is 0.312 e. The van der Waals surface area contributed by atoms with Crippen LogP contribution in [0.5, 0.6) is 0 Å². The maximum absolute atomic E-state index is 4.20. The molecule has 2 rings (SSSR count). The molecular weight excluding hydrogens is 222 g/mol. The standard InChI is InChI=1S/C15H17N3/c1-2-3-4-10-16-13-14-6-8-15(9-7-14)18-12-5-11-17-18/h5-9,11-12,16H,4,10,13H2,1H3. The summed E-state index contributed by atoms with van der Waals surface area (Å²) in [5.41, 5.74) is 2.36. The second-order valence-corrected chi connectivity index (χ2v) is 3.97. The highest BCUT2D eigenvalue weighted by Crippen LogP contribution is 2.08. The first-order valence-corrected chi connectivity index (χ1v) is 6.09. The van der Waals surface area contributed by atoms with Crippen LogP contribution in [0.3, 0.4) is 0 Å². The average Bonchev–Trinajstić information content (AvgIpc) is 2.93. The van der Waals surface area contributed by atoms with E-state index in [0.717, 1.165) is 25.2 Å². The molecule has 0 amide bonds. The van der Waals surface area contributed by atoms with Gasteiger partial charge in [0.1, 0.15) is 0 Å². The zero-order valence-electron chi connectivity index (χ0n) is 10.6. The van der Waals surface area contributed by atoms with Crippen LogP contribution >= 0.6 is 0 Å². The number of aromatic nitrogens is 2. The lowest BCUT2D eigenvalue weighted by Gasteiger charge is -2.05. The third kappa shape index (κ3) is 3.47. The molecule has 1 heterocycles. The van der Waals surface area contributed by atoms with Gasteiger partial charge < -0.3 is 5.32 Å². The van der Waals surface area contributed by atoms with Crippen LogP contribution in [-0.4, -0.2) is 16.3 Å². The van der Waals surface area contributed by atoms with Crippen LogP contribution in [0.15, 0.2) is 42.7 Å². The summed E-state index contributed by atoms with van der Waals surface area (Å²) < 4.78 is 1.86. The Morgan fingerprint density at radius 3 is 2.78 bits per heavy atom. The van der Waals surface area contributed by atoms with Crippen LogP contribution in [0.4, 0.5) is 0 Å². The minimum Gasteiger partial charge on any atom is -0.312 e. The van der Waals surface area contributed by atoms with Gasteiger partial charge in [-0.25, -0.2) is 4.68 Å². The Morgan fingerprint density at radius 1 is 1.28 bits per heavy atom. The minimum atomic E-state index is 0.880. The second kappa shape index (κ2) is 6.63. The van der Waals surface area contributed by atoms with Gasteiger partial charge in [0.25, 0.3) is 0 Å². The fourth-order valence-corrected chi connectivity index (χ4v) is 1.70. The van der Waals surface area contributed by atoms with Gasteiger partial charge in [0.15, 0.2) is 0 Å². The summed E-state index contributed by atoms with van der Waals surface area (Å²) >= 11 is 0. The molecule has 0 spiro atoms. The van der Waals surface area contributed by atoms with Crippen molar-refractivity contribution < 1.29 is 0 Å². The molecule has 3 nitrogen and oxygen atoms in total. The zero-order valence-corrected chi connectivity index (χ0v) is 10.6. The molecule has 0 fully saturated rings. The average molecular weight is 239 g/mol. The van der Waals surface area contributed by atoms with Crippen molar-refractivity contribution in [1.82, 2.24) is 15.1 Å². The maximum atomic E-state index is 4.20. The number of hydrogen-bond acceptors (Lipinski definition) is 2. The van der Waals surface area contributed by atoms with E-state index in [0.29, 0.717) is 0 Å². The molecule has 2 aromatic rings. The normalized spacial score (nSPS) is 9.83. The first-order chi connectivity index (χ1) is 8.90. The summed E-state index contributed by atoms with van der Waals surface area (Å²) in [6.45, 7) is 3.68. The van der Waals surface area contributed by atoms with Gasteiger partial charge in [-0.2, -0.15) is 5.10 Å². The van der Waals surface area contributed by atoms with E-state index in [9.17, 15) is 0 Å². The predicted molar refractivity (Wildman–Crippen MR) is 73.3 cm³/mol. The fraction of sp³-hybridized carbons (Fsp3) is 0.267. The number of benzene rings is 1. The van der Waals surface area contributed by atoms with Crippen molar-refractivity contribution in [3.8, 4) is 17.5 Å². The van der Waals surface area contributed by atoms with Crippen molar-refractivity contribution in [3.05, 3.63) is 48.3 Å². The molecule has 0 radical (unpaired) electrons. The van der Waals surface area contributed by atoms with E-state index in [1.165, 1.54) is 5.56 Å². The summed E-state index contributed by atoms with van der Waals surface area (Å²) in [6, 6.07) is 10.3. The third-order valence-electron chi connectivity index (χ3n) is 2.64. The first kappa shape index (κ1) is 12.4. The summed E-state index contributed by atoms with van der Waals surface area (Å²) in [6.07, 6.45) is 4.63. The smallest absolute Gasteiger partial charge is 0.0645 e. The highest BCUT2D eigenvalue weighted by Gasteiger charge is 1.96. The lowest BCUT2D eigenvalue weighted by molar-refractivity contribution is 0.701. The highest BCUT2D eigenvalue weighted by atomic mass is 15.3. The van der Waals surface area contributed by atoms with E-state index in [1.54, 1.807) is 6.20 Å². The van der Waals surface area contributed by atoms with Gasteiger partial charge >= 0.3 is 0 Å². The first-order valence-electron chi connectivity index (χ1n) is 6.09. The van der Waals surface area contributed by atoms with E-state index in [-0.39, 0.29) is 0 Å². The monoisotopic (exact) mass is 239 g/mol. The molecule has 0 atom stereocenters. The molecule has 1 N–H and O–H groups in total. The van der Waals surface area contributed by atoms with E-state index < -0.39 is 0 Å². The molecule has 92 valence electrons. The maximum Gasteiger partial charge on any atom is 0.0645 e. The molecule has 0 aliphatic carbocycles. The predicted octanol–water partition coefficient (Wildman–Crippen LogP) is 2.38. The molecule has 0 unspecified atom stereocenters. The van der Waals surface area contributed by atoms with Crippen molar-refractivity contribution >= 4 is 0 Å². The Hall–Kier alpha value is -2.05. The van der Waals surface area contributed by atoms with Crippen molar-refractivity contribution in [2.45, 2.75) is 19.9 Å². The lowest BCUT2D eigenvalue weighted by Crippen LogP contribution is -2.14. The molecule has 3 heteroatoms. The van der Waals surface area contributed by atoms with Crippen LogP contribution in [0.1, 0.15) is 18.9 Å². The molecular formula is C15H17N3. The van der Waals surface area contributed by atoms with Gasteiger partial charge in [0.05, 0.1) is 5.69 Å². The van der Waals surface area contributed by atoms with Gasteiger partial charge in [-0.3, -0.25) is 0 Å². The second-order valence-electron chi connectivity index (χ2n) is 3.97. The van der Waals surface area contributed by atoms with E-state index in [2.05, 4.69) is 46.5 Å². The fourth-order valence-electron chi connectivity index (χ4n) is 1.70. The number of nitrogens with zero attached hydrogens (tertiary/aromatic N) is 2. The highest BCUT2D eigenvalue weighted by molar-refractivity contribution is 5.33. The quantitative estimate of drug-likeness (QED) is 0.641. The van der Waals surface area contributed by atoms with Crippen molar-refractivity contribution in [3.63, 3.8) is 0 Å². The molecule has 0 bridgehead atoms. The van der Waals surface area contributed by atoms with Gasteiger partial charge in [-0.15, -0.1) is 11.8 Å². The van der Waals surface area contributed by atoms with Crippen molar-refractivity contribution in [2.24, 2.45) is 0 Å². The topological polar surface area (TPSA) is 29.9 Å². The molecule has 1 aromatic heterocycles. The minimum absolute atomic E-state index is 0.880. The Labute approximate surface area is 108 Å².